The van der Waals surface area contributed by atoms with Crippen LogP contribution in [0.3, 0.4) is 0 Å². The third-order valence-electron chi connectivity index (χ3n) is 5.38. The van der Waals surface area contributed by atoms with Gasteiger partial charge in [-0.05, 0) is 42.2 Å². The molecule has 1 heterocycles. The molecule has 3 aromatic rings. The minimum atomic E-state index is -0.343. The molecule has 0 amide bonds. The third kappa shape index (κ3) is 4.30. The van der Waals surface area contributed by atoms with Crippen molar-refractivity contribution in [1.29, 1.82) is 0 Å². The highest BCUT2D eigenvalue weighted by Gasteiger charge is 2.26. The van der Waals surface area contributed by atoms with Crippen LogP contribution in [0.1, 0.15) is 37.4 Å². The summed E-state index contributed by atoms with van der Waals surface area (Å²) in [6.07, 6.45) is 1.87. The number of hydrogen-bond acceptors (Lipinski definition) is 8. The van der Waals surface area contributed by atoms with Crippen molar-refractivity contribution in [2.45, 2.75) is 32.7 Å². The fourth-order valence-electron chi connectivity index (χ4n) is 3.77. The van der Waals surface area contributed by atoms with Crippen molar-refractivity contribution in [3.8, 4) is 28.6 Å². The standard InChI is InChI=1S/C23H26N4O4/c1-13(2)23(29)30-20-9-6-14(12-18(20)24)22-26-21(27-31-22)17-5-3-4-16-15(17)7-8-19(16)25-10-11-28/h3-6,9,12-13,19,25,28H,7-8,10-11,24H2,1-2H3. The van der Waals surface area contributed by atoms with Crippen molar-refractivity contribution in [1.82, 2.24) is 15.5 Å². The molecule has 0 saturated heterocycles. The van der Waals surface area contributed by atoms with Crippen LogP contribution in [0.5, 0.6) is 5.75 Å². The molecule has 1 aromatic heterocycles. The molecule has 1 aliphatic carbocycles. The average molecular weight is 422 g/mol. The van der Waals surface area contributed by atoms with Gasteiger partial charge < -0.3 is 25.4 Å². The minimum Gasteiger partial charge on any atom is -0.424 e. The number of benzene rings is 2. The molecule has 0 saturated carbocycles. The number of nitrogens with zero attached hydrogens (tertiary/aromatic N) is 2. The molecular weight excluding hydrogens is 396 g/mol. The van der Waals surface area contributed by atoms with Crippen LogP contribution >= 0.6 is 0 Å². The number of ether oxygens (including phenoxy) is 1. The average Bonchev–Trinajstić information content (AvgIpc) is 3.41. The molecule has 4 rings (SSSR count). The number of esters is 1. The highest BCUT2D eigenvalue weighted by atomic mass is 16.5. The summed E-state index contributed by atoms with van der Waals surface area (Å²) in [5.74, 6) is 0.579. The monoisotopic (exact) mass is 422 g/mol. The number of aliphatic hydroxyl groups excluding tert-OH is 1. The first kappa shape index (κ1) is 21.0. The predicted octanol–water partition coefficient (Wildman–Crippen LogP) is 3.12. The summed E-state index contributed by atoms with van der Waals surface area (Å²) in [5.41, 5.74) is 10.4. The lowest BCUT2D eigenvalue weighted by Crippen LogP contribution is -2.22. The Morgan fingerprint density at radius 2 is 2.19 bits per heavy atom. The molecule has 1 unspecified atom stereocenters. The van der Waals surface area contributed by atoms with Crippen molar-refractivity contribution >= 4 is 11.7 Å². The number of carbonyl (C=O) groups excluding carboxylic acids is 1. The summed E-state index contributed by atoms with van der Waals surface area (Å²) in [7, 11) is 0. The van der Waals surface area contributed by atoms with Crippen LogP contribution in [0.15, 0.2) is 40.9 Å². The number of anilines is 1. The Labute approximate surface area is 180 Å². The second kappa shape index (κ2) is 8.87. The largest absolute Gasteiger partial charge is 0.424 e. The fourth-order valence-corrected chi connectivity index (χ4v) is 3.77. The number of nitrogens with two attached hydrogens (primary N) is 1. The lowest BCUT2D eigenvalue weighted by Gasteiger charge is -2.13. The Bertz CT molecular complexity index is 1090. The zero-order valence-corrected chi connectivity index (χ0v) is 17.6. The number of hydrogen-bond donors (Lipinski definition) is 3. The first-order valence-electron chi connectivity index (χ1n) is 10.4. The Balaban J connectivity index is 1.58. The number of nitrogens with one attached hydrogen (secondary N) is 1. The van der Waals surface area contributed by atoms with Gasteiger partial charge in [-0.25, -0.2) is 0 Å². The number of rotatable bonds is 7. The maximum Gasteiger partial charge on any atom is 0.313 e. The zero-order chi connectivity index (χ0) is 22.0. The van der Waals surface area contributed by atoms with E-state index >= 15 is 0 Å². The smallest absolute Gasteiger partial charge is 0.313 e. The second-order valence-electron chi connectivity index (χ2n) is 7.89. The van der Waals surface area contributed by atoms with Gasteiger partial charge in [0.15, 0.2) is 5.75 Å². The maximum absolute atomic E-state index is 11.8. The van der Waals surface area contributed by atoms with E-state index in [1.807, 2.05) is 12.1 Å². The van der Waals surface area contributed by atoms with E-state index in [0.717, 1.165) is 18.4 Å². The van der Waals surface area contributed by atoms with Gasteiger partial charge in [-0.2, -0.15) is 4.98 Å². The van der Waals surface area contributed by atoms with Gasteiger partial charge >= 0.3 is 5.97 Å². The van der Waals surface area contributed by atoms with Gasteiger partial charge in [0.2, 0.25) is 5.82 Å². The van der Waals surface area contributed by atoms with E-state index in [1.54, 1.807) is 32.0 Å². The van der Waals surface area contributed by atoms with E-state index in [-0.39, 0.29) is 24.5 Å². The van der Waals surface area contributed by atoms with Gasteiger partial charge in [0, 0.05) is 23.7 Å². The molecule has 0 radical (unpaired) electrons. The molecule has 0 aliphatic heterocycles. The Morgan fingerprint density at radius 3 is 2.94 bits per heavy atom. The van der Waals surface area contributed by atoms with Gasteiger partial charge in [0.05, 0.1) is 18.2 Å². The van der Waals surface area contributed by atoms with Gasteiger partial charge in [0.1, 0.15) is 0 Å². The summed E-state index contributed by atoms with van der Waals surface area (Å²) < 4.78 is 10.8. The molecule has 162 valence electrons. The highest BCUT2D eigenvalue weighted by Crippen LogP contribution is 2.37. The van der Waals surface area contributed by atoms with Crippen molar-refractivity contribution in [3.05, 3.63) is 47.5 Å². The fraction of sp³-hybridized carbons (Fsp3) is 0.348. The topological polar surface area (TPSA) is 124 Å². The predicted molar refractivity (Wildman–Crippen MR) is 116 cm³/mol. The first-order valence-corrected chi connectivity index (χ1v) is 10.4. The van der Waals surface area contributed by atoms with Crippen molar-refractivity contribution in [2.75, 3.05) is 18.9 Å². The number of carbonyl (C=O) groups is 1. The highest BCUT2D eigenvalue weighted by molar-refractivity contribution is 5.77. The molecule has 0 spiro atoms. The van der Waals surface area contributed by atoms with Gasteiger partial charge in [0.25, 0.3) is 5.89 Å². The second-order valence-corrected chi connectivity index (χ2v) is 7.89. The van der Waals surface area contributed by atoms with Crippen LogP contribution in [0.2, 0.25) is 0 Å². The van der Waals surface area contributed by atoms with Gasteiger partial charge in [-0.15, -0.1) is 0 Å². The van der Waals surface area contributed by atoms with Crippen LogP contribution in [0, 0.1) is 5.92 Å². The van der Waals surface area contributed by atoms with Gasteiger partial charge in [-0.1, -0.05) is 37.2 Å². The summed E-state index contributed by atoms with van der Waals surface area (Å²) in [4.78, 5) is 16.4. The summed E-state index contributed by atoms with van der Waals surface area (Å²) in [6, 6.07) is 11.3. The van der Waals surface area contributed by atoms with E-state index in [4.69, 9.17) is 20.1 Å². The minimum absolute atomic E-state index is 0.109. The van der Waals surface area contributed by atoms with E-state index in [0.29, 0.717) is 35.3 Å². The van der Waals surface area contributed by atoms with Crippen molar-refractivity contribution in [2.24, 2.45) is 5.92 Å². The van der Waals surface area contributed by atoms with Crippen LogP contribution in [-0.2, 0) is 11.2 Å². The number of nitrogen functional groups attached to an aromatic ring is 1. The van der Waals surface area contributed by atoms with Crippen LogP contribution in [-0.4, -0.2) is 34.4 Å². The quantitative estimate of drug-likeness (QED) is 0.301. The van der Waals surface area contributed by atoms with Crippen LogP contribution < -0.4 is 15.8 Å². The zero-order valence-electron chi connectivity index (χ0n) is 17.6. The van der Waals surface area contributed by atoms with Gasteiger partial charge in [-0.3, -0.25) is 4.79 Å². The van der Waals surface area contributed by atoms with E-state index < -0.39 is 0 Å². The number of fused-ring (bicyclic) bond motifs is 1. The Kier molecular flexibility index (Phi) is 6.01. The summed E-state index contributed by atoms with van der Waals surface area (Å²) in [5, 5.41) is 16.6. The lowest BCUT2D eigenvalue weighted by molar-refractivity contribution is -0.137. The van der Waals surface area contributed by atoms with Crippen molar-refractivity contribution < 1.29 is 19.2 Å². The number of aromatic nitrogens is 2. The molecular formula is C23H26N4O4. The van der Waals surface area contributed by atoms with Crippen molar-refractivity contribution in [3.63, 3.8) is 0 Å². The van der Waals surface area contributed by atoms with E-state index in [2.05, 4.69) is 21.5 Å². The first-order chi connectivity index (χ1) is 15.0. The molecule has 8 heteroatoms. The van der Waals surface area contributed by atoms with E-state index in [9.17, 15) is 4.79 Å². The summed E-state index contributed by atoms with van der Waals surface area (Å²) >= 11 is 0. The molecule has 0 fully saturated rings. The SMILES string of the molecule is CC(C)C(=O)Oc1ccc(-c2nc(-c3cccc4c3CCC4NCCO)no2)cc1N. The number of aliphatic hydroxyl groups is 1. The summed E-state index contributed by atoms with van der Waals surface area (Å²) in [6.45, 7) is 4.19. The molecule has 8 nitrogen and oxygen atoms in total. The molecule has 4 N–H and O–H groups in total. The molecule has 1 atom stereocenters. The van der Waals surface area contributed by atoms with Crippen LogP contribution in [0.25, 0.3) is 22.8 Å². The Morgan fingerprint density at radius 1 is 1.35 bits per heavy atom. The third-order valence-corrected chi connectivity index (χ3v) is 5.38. The van der Waals surface area contributed by atoms with Crippen LogP contribution in [0.4, 0.5) is 5.69 Å². The lowest BCUT2D eigenvalue weighted by atomic mass is 10.0. The molecule has 1 aliphatic rings. The molecule has 0 bridgehead atoms. The normalized spacial score (nSPS) is 15.3. The molecule has 31 heavy (non-hydrogen) atoms. The molecule has 2 aromatic carbocycles. The Hall–Kier alpha value is -3.23. The van der Waals surface area contributed by atoms with E-state index in [1.165, 1.54) is 11.1 Å². The maximum atomic E-state index is 11.8.